The molecule has 2 heterocycles. The van der Waals surface area contributed by atoms with Crippen LogP contribution >= 0.6 is 0 Å². The maximum absolute atomic E-state index is 11.7. The van der Waals surface area contributed by atoms with Gasteiger partial charge in [-0.3, -0.25) is 9.78 Å². The number of hydrogen-bond donors (Lipinski definition) is 4. The molecule has 16 heavy (non-hydrogen) atoms. The Morgan fingerprint density at radius 2 is 2.50 bits per heavy atom. The minimum Gasteiger partial charge on any atom is -0.351 e. The first-order chi connectivity index (χ1) is 7.75. The van der Waals surface area contributed by atoms with Crippen LogP contribution < -0.4 is 21.9 Å². The lowest BCUT2D eigenvalue weighted by atomic mass is 10.2. The molecule has 0 radical (unpaired) electrons. The number of nitrogens with one attached hydrogen (secondary N) is 3. The van der Waals surface area contributed by atoms with Crippen LogP contribution in [-0.2, 0) is 11.3 Å². The van der Waals surface area contributed by atoms with Crippen LogP contribution in [0, 0.1) is 0 Å². The molecule has 2 unspecified atom stereocenters. The summed E-state index contributed by atoms with van der Waals surface area (Å²) in [5, 5.41) is 2.82. The smallest absolute Gasteiger partial charge is 0.238 e. The molecule has 1 aromatic heterocycles. The van der Waals surface area contributed by atoms with E-state index in [2.05, 4.69) is 21.2 Å². The van der Waals surface area contributed by atoms with Gasteiger partial charge in [-0.1, -0.05) is 6.07 Å². The SMILES string of the molecule is NC1CC(C(=O)NCc2cccnc2)NN1. The van der Waals surface area contributed by atoms with Crippen molar-refractivity contribution in [2.75, 3.05) is 0 Å². The second kappa shape index (κ2) is 5.02. The predicted molar refractivity (Wildman–Crippen MR) is 58.7 cm³/mol. The molecule has 1 saturated heterocycles. The Morgan fingerprint density at radius 3 is 3.12 bits per heavy atom. The lowest BCUT2D eigenvalue weighted by molar-refractivity contribution is -0.123. The second-order valence-electron chi connectivity index (χ2n) is 3.76. The Morgan fingerprint density at radius 1 is 1.62 bits per heavy atom. The molecule has 0 spiro atoms. The van der Waals surface area contributed by atoms with Gasteiger partial charge in [0, 0.05) is 25.4 Å². The molecule has 1 aromatic rings. The number of carbonyl (C=O) groups excluding carboxylic acids is 1. The van der Waals surface area contributed by atoms with Crippen LogP contribution in [0.25, 0.3) is 0 Å². The molecule has 5 N–H and O–H groups in total. The van der Waals surface area contributed by atoms with Gasteiger partial charge >= 0.3 is 0 Å². The van der Waals surface area contributed by atoms with Crippen molar-refractivity contribution in [2.24, 2.45) is 5.73 Å². The summed E-state index contributed by atoms with van der Waals surface area (Å²) < 4.78 is 0. The summed E-state index contributed by atoms with van der Waals surface area (Å²) in [6, 6.07) is 3.50. The highest BCUT2D eigenvalue weighted by Gasteiger charge is 2.26. The average Bonchev–Trinajstić information content (AvgIpc) is 2.74. The van der Waals surface area contributed by atoms with Crippen LogP contribution in [0.2, 0.25) is 0 Å². The molecule has 2 atom stereocenters. The molecule has 0 aliphatic carbocycles. The average molecular weight is 221 g/mol. The van der Waals surface area contributed by atoms with Crippen molar-refractivity contribution >= 4 is 5.91 Å². The Hall–Kier alpha value is -1.50. The largest absolute Gasteiger partial charge is 0.351 e. The third kappa shape index (κ3) is 2.75. The van der Waals surface area contributed by atoms with Crippen molar-refractivity contribution < 1.29 is 4.79 Å². The van der Waals surface area contributed by atoms with E-state index in [1.165, 1.54) is 0 Å². The van der Waals surface area contributed by atoms with Crippen molar-refractivity contribution in [2.45, 2.75) is 25.2 Å². The number of nitrogens with zero attached hydrogens (tertiary/aromatic N) is 1. The number of hydrogen-bond acceptors (Lipinski definition) is 5. The van der Waals surface area contributed by atoms with Gasteiger partial charge in [0.15, 0.2) is 0 Å². The van der Waals surface area contributed by atoms with Gasteiger partial charge in [0.05, 0.1) is 6.17 Å². The zero-order valence-electron chi connectivity index (χ0n) is 8.81. The summed E-state index contributed by atoms with van der Waals surface area (Å²) in [4.78, 5) is 15.6. The summed E-state index contributed by atoms with van der Waals surface area (Å²) in [6.07, 6.45) is 3.87. The van der Waals surface area contributed by atoms with E-state index in [1.54, 1.807) is 12.4 Å². The van der Waals surface area contributed by atoms with E-state index in [-0.39, 0.29) is 18.1 Å². The van der Waals surface area contributed by atoms with Crippen molar-refractivity contribution in [3.8, 4) is 0 Å². The van der Waals surface area contributed by atoms with E-state index < -0.39 is 0 Å². The van der Waals surface area contributed by atoms with E-state index in [9.17, 15) is 4.79 Å². The number of amides is 1. The molecule has 6 heteroatoms. The van der Waals surface area contributed by atoms with Crippen LogP contribution in [0.3, 0.4) is 0 Å². The molecular formula is C10H15N5O. The van der Waals surface area contributed by atoms with Crippen LogP contribution in [0.4, 0.5) is 0 Å². The fourth-order valence-electron chi connectivity index (χ4n) is 1.57. The molecule has 2 rings (SSSR count). The first-order valence-corrected chi connectivity index (χ1v) is 5.19. The molecule has 0 aromatic carbocycles. The standard InChI is InChI=1S/C10H15N5O/c11-9-4-8(14-15-9)10(16)13-6-7-2-1-3-12-5-7/h1-3,5,8-9,14-15H,4,6,11H2,(H,13,16). The third-order valence-corrected chi connectivity index (χ3v) is 2.44. The predicted octanol–water partition coefficient (Wildman–Crippen LogP) is -1.15. The molecule has 1 aliphatic rings. The Kier molecular flexibility index (Phi) is 3.45. The Bertz CT molecular complexity index is 355. The zero-order chi connectivity index (χ0) is 11.4. The van der Waals surface area contributed by atoms with Gasteiger partial charge in [-0.05, 0) is 11.6 Å². The highest BCUT2D eigenvalue weighted by molar-refractivity contribution is 5.81. The normalized spacial score (nSPS) is 24.3. The number of rotatable bonds is 3. The third-order valence-electron chi connectivity index (χ3n) is 2.44. The van der Waals surface area contributed by atoms with Crippen LogP contribution in [0.1, 0.15) is 12.0 Å². The zero-order valence-corrected chi connectivity index (χ0v) is 8.81. The summed E-state index contributed by atoms with van der Waals surface area (Å²) in [7, 11) is 0. The molecular weight excluding hydrogens is 206 g/mol. The monoisotopic (exact) mass is 221 g/mol. The van der Waals surface area contributed by atoms with Gasteiger partial charge in [0.1, 0.15) is 6.04 Å². The molecule has 1 aliphatic heterocycles. The highest BCUT2D eigenvalue weighted by atomic mass is 16.2. The van der Waals surface area contributed by atoms with E-state index >= 15 is 0 Å². The van der Waals surface area contributed by atoms with Crippen LogP contribution in [0.15, 0.2) is 24.5 Å². The first-order valence-electron chi connectivity index (χ1n) is 5.19. The fraction of sp³-hybridized carbons (Fsp3) is 0.400. The lowest BCUT2D eigenvalue weighted by Gasteiger charge is -2.09. The lowest BCUT2D eigenvalue weighted by Crippen LogP contribution is -2.43. The van der Waals surface area contributed by atoms with E-state index in [0.29, 0.717) is 13.0 Å². The van der Waals surface area contributed by atoms with E-state index in [1.807, 2.05) is 12.1 Å². The van der Waals surface area contributed by atoms with Crippen molar-refractivity contribution in [1.82, 2.24) is 21.2 Å². The minimum absolute atomic E-state index is 0.0516. The minimum atomic E-state index is -0.258. The van der Waals surface area contributed by atoms with E-state index in [4.69, 9.17) is 5.73 Å². The molecule has 1 amide bonds. The summed E-state index contributed by atoms with van der Waals surface area (Å²) >= 11 is 0. The Labute approximate surface area is 93.6 Å². The quantitative estimate of drug-likeness (QED) is 0.517. The van der Waals surface area contributed by atoms with Gasteiger partial charge < -0.3 is 11.1 Å². The van der Waals surface area contributed by atoms with Crippen molar-refractivity contribution in [1.29, 1.82) is 0 Å². The van der Waals surface area contributed by atoms with Gasteiger partial charge in [-0.25, -0.2) is 10.9 Å². The van der Waals surface area contributed by atoms with E-state index in [0.717, 1.165) is 5.56 Å². The number of carbonyl (C=O) groups is 1. The second-order valence-corrected chi connectivity index (χ2v) is 3.76. The van der Waals surface area contributed by atoms with Crippen molar-refractivity contribution in [3.63, 3.8) is 0 Å². The number of pyridine rings is 1. The van der Waals surface area contributed by atoms with Crippen molar-refractivity contribution in [3.05, 3.63) is 30.1 Å². The molecule has 6 nitrogen and oxygen atoms in total. The fourth-order valence-corrected chi connectivity index (χ4v) is 1.57. The summed E-state index contributed by atoms with van der Waals surface area (Å²) in [5.74, 6) is -0.0516. The topological polar surface area (TPSA) is 92.1 Å². The molecule has 0 bridgehead atoms. The molecule has 1 fully saturated rings. The number of nitrogens with two attached hydrogens (primary N) is 1. The maximum Gasteiger partial charge on any atom is 0.238 e. The summed E-state index contributed by atoms with van der Waals surface area (Å²) in [5.41, 5.74) is 12.2. The highest BCUT2D eigenvalue weighted by Crippen LogP contribution is 2.01. The maximum atomic E-state index is 11.7. The summed E-state index contributed by atoms with van der Waals surface area (Å²) in [6.45, 7) is 0.486. The van der Waals surface area contributed by atoms with Gasteiger partial charge in [-0.2, -0.15) is 0 Å². The number of hydrazine groups is 1. The number of aromatic nitrogens is 1. The van der Waals surface area contributed by atoms with Crippen LogP contribution in [0.5, 0.6) is 0 Å². The first kappa shape index (κ1) is 11.0. The van der Waals surface area contributed by atoms with Gasteiger partial charge in [0.25, 0.3) is 0 Å². The molecule has 86 valence electrons. The van der Waals surface area contributed by atoms with Gasteiger partial charge in [-0.15, -0.1) is 0 Å². The van der Waals surface area contributed by atoms with Crippen LogP contribution in [-0.4, -0.2) is 23.1 Å². The Balaban J connectivity index is 1.80. The molecule has 0 saturated carbocycles. The van der Waals surface area contributed by atoms with Gasteiger partial charge in [0.2, 0.25) is 5.91 Å².